The lowest BCUT2D eigenvalue weighted by Gasteiger charge is -2.05. The molecule has 4 aromatic rings. The van der Waals surface area contributed by atoms with E-state index < -0.39 is 0 Å². The minimum Gasteiger partial charge on any atom is -0.497 e. The first-order valence-electron chi connectivity index (χ1n) is 6.93. The summed E-state index contributed by atoms with van der Waals surface area (Å²) in [5.41, 5.74) is 7.65. The number of anilines is 1. The van der Waals surface area contributed by atoms with Crippen LogP contribution in [-0.4, -0.2) is 12.1 Å². The average molecular weight is 324 g/mol. The Bertz CT molecular complexity index is 1100. The van der Waals surface area contributed by atoms with Gasteiger partial charge in [-0.15, -0.1) is 0 Å². The third-order valence-electron chi connectivity index (χ3n) is 3.62. The van der Waals surface area contributed by atoms with Gasteiger partial charge in [-0.25, -0.2) is 4.98 Å². The molecule has 2 aromatic heterocycles. The van der Waals surface area contributed by atoms with E-state index in [1.165, 1.54) is 17.4 Å². The van der Waals surface area contributed by atoms with E-state index in [2.05, 4.69) is 4.98 Å². The van der Waals surface area contributed by atoms with Crippen LogP contribution in [0.15, 0.2) is 51.7 Å². The van der Waals surface area contributed by atoms with Gasteiger partial charge in [-0.05, 0) is 24.3 Å². The maximum atomic E-state index is 12.6. The number of methoxy groups -OCH3 is 1. The van der Waals surface area contributed by atoms with Gasteiger partial charge in [0, 0.05) is 11.6 Å². The molecule has 2 N–H and O–H groups in total. The molecule has 2 aromatic carbocycles. The SMILES string of the molecule is COc1cccc(-c2cc(=O)c3c(ccc4nc(N)sc43)o2)c1. The van der Waals surface area contributed by atoms with Crippen LogP contribution < -0.4 is 15.9 Å². The summed E-state index contributed by atoms with van der Waals surface area (Å²) in [6, 6.07) is 12.4. The molecule has 0 amide bonds. The monoisotopic (exact) mass is 324 g/mol. The zero-order chi connectivity index (χ0) is 16.0. The third kappa shape index (κ3) is 2.24. The van der Waals surface area contributed by atoms with Gasteiger partial charge < -0.3 is 14.9 Å². The van der Waals surface area contributed by atoms with Gasteiger partial charge in [-0.3, -0.25) is 4.79 Å². The summed E-state index contributed by atoms with van der Waals surface area (Å²) >= 11 is 1.29. The van der Waals surface area contributed by atoms with Crippen molar-refractivity contribution < 1.29 is 9.15 Å². The van der Waals surface area contributed by atoms with Gasteiger partial charge in [0.05, 0.1) is 22.7 Å². The van der Waals surface area contributed by atoms with Crippen molar-refractivity contribution in [1.82, 2.24) is 4.98 Å². The first-order valence-corrected chi connectivity index (χ1v) is 7.74. The van der Waals surface area contributed by atoms with Crippen molar-refractivity contribution >= 4 is 37.7 Å². The van der Waals surface area contributed by atoms with E-state index in [9.17, 15) is 4.79 Å². The van der Waals surface area contributed by atoms with Crippen LogP contribution in [0.4, 0.5) is 5.13 Å². The lowest BCUT2D eigenvalue weighted by atomic mass is 10.1. The predicted molar refractivity (Wildman–Crippen MR) is 92.1 cm³/mol. The molecule has 6 heteroatoms. The van der Waals surface area contributed by atoms with Gasteiger partial charge in [0.1, 0.15) is 17.1 Å². The normalized spacial score (nSPS) is 11.2. The highest BCUT2D eigenvalue weighted by Gasteiger charge is 2.13. The molecular formula is C17H12N2O3S. The van der Waals surface area contributed by atoms with E-state index in [1.54, 1.807) is 13.2 Å². The topological polar surface area (TPSA) is 78.3 Å². The highest BCUT2D eigenvalue weighted by molar-refractivity contribution is 7.22. The molecule has 0 saturated carbocycles. The lowest BCUT2D eigenvalue weighted by Crippen LogP contribution is -2.00. The highest BCUT2D eigenvalue weighted by atomic mass is 32.1. The third-order valence-corrected chi connectivity index (χ3v) is 4.54. The van der Waals surface area contributed by atoms with Gasteiger partial charge in [-0.1, -0.05) is 23.5 Å². The fourth-order valence-corrected chi connectivity index (χ4v) is 3.44. The van der Waals surface area contributed by atoms with E-state index >= 15 is 0 Å². The first kappa shape index (κ1) is 13.8. The van der Waals surface area contributed by atoms with Crippen LogP contribution in [0.1, 0.15) is 0 Å². The number of hydrogen-bond acceptors (Lipinski definition) is 6. The van der Waals surface area contributed by atoms with Crippen molar-refractivity contribution in [2.24, 2.45) is 0 Å². The summed E-state index contributed by atoms with van der Waals surface area (Å²) in [5, 5.41) is 0.951. The minimum atomic E-state index is -0.113. The molecular weight excluding hydrogens is 312 g/mol. The number of aromatic nitrogens is 1. The minimum absolute atomic E-state index is 0.113. The number of thiazole rings is 1. The van der Waals surface area contributed by atoms with Crippen molar-refractivity contribution in [2.75, 3.05) is 12.8 Å². The Hall–Kier alpha value is -2.86. The zero-order valence-electron chi connectivity index (χ0n) is 12.2. The Morgan fingerprint density at radius 1 is 1.22 bits per heavy atom. The summed E-state index contributed by atoms with van der Waals surface area (Å²) < 4.78 is 11.9. The number of ether oxygens (including phenoxy) is 1. The predicted octanol–water partition coefficient (Wildman–Crippen LogP) is 3.66. The molecule has 0 aliphatic heterocycles. The van der Waals surface area contributed by atoms with Crippen LogP contribution >= 0.6 is 11.3 Å². The molecule has 4 rings (SSSR count). The molecule has 114 valence electrons. The Morgan fingerprint density at radius 3 is 2.91 bits per heavy atom. The van der Waals surface area contributed by atoms with Crippen LogP contribution in [0.3, 0.4) is 0 Å². The maximum absolute atomic E-state index is 12.6. The molecule has 0 atom stereocenters. The first-order chi connectivity index (χ1) is 11.2. The van der Waals surface area contributed by atoms with E-state index in [-0.39, 0.29) is 5.43 Å². The molecule has 2 heterocycles. The molecule has 0 fully saturated rings. The second-order valence-electron chi connectivity index (χ2n) is 5.05. The maximum Gasteiger partial charge on any atom is 0.194 e. The zero-order valence-corrected chi connectivity index (χ0v) is 13.0. The molecule has 0 unspecified atom stereocenters. The summed E-state index contributed by atoms with van der Waals surface area (Å²) in [7, 11) is 1.60. The average Bonchev–Trinajstić information content (AvgIpc) is 2.94. The fourth-order valence-electron chi connectivity index (χ4n) is 2.57. The summed E-state index contributed by atoms with van der Waals surface area (Å²) in [5.74, 6) is 1.20. The molecule has 0 radical (unpaired) electrons. The summed E-state index contributed by atoms with van der Waals surface area (Å²) in [6.07, 6.45) is 0. The smallest absolute Gasteiger partial charge is 0.194 e. The van der Waals surface area contributed by atoms with Crippen molar-refractivity contribution in [3.8, 4) is 17.1 Å². The summed E-state index contributed by atoms with van der Waals surface area (Å²) in [6.45, 7) is 0. The van der Waals surface area contributed by atoms with E-state index in [0.717, 1.165) is 10.3 Å². The van der Waals surface area contributed by atoms with Crippen LogP contribution in [-0.2, 0) is 0 Å². The molecule has 0 aliphatic carbocycles. The molecule has 0 saturated heterocycles. The number of fused-ring (bicyclic) bond motifs is 3. The van der Waals surface area contributed by atoms with Gasteiger partial charge in [-0.2, -0.15) is 0 Å². The number of nitrogens with zero attached hydrogens (tertiary/aromatic N) is 1. The molecule has 0 spiro atoms. The van der Waals surface area contributed by atoms with Crippen molar-refractivity contribution in [2.45, 2.75) is 0 Å². The highest BCUT2D eigenvalue weighted by Crippen LogP contribution is 2.32. The van der Waals surface area contributed by atoms with Crippen LogP contribution in [0.2, 0.25) is 0 Å². The second-order valence-corrected chi connectivity index (χ2v) is 6.08. The van der Waals surface area contributed by atoms with Crippen molar-refractivity contribution in [3.05, 3.63) is 52.7 Å². The van der Waals surface area contributed by atoms with Gasteiger partial charge in [0.2, 0.25) is 0 Å². The molecule has 0 bridgehead atoms. The largest absolute Gasteiger partial charge is 0.497 e. The number of rotatable bonds is 2. The number of hydrogen-bond donors (Lipinski definition) is 1. The number of nitrogen functional groups attached to an aromatic ring is 1. The standard InChI is InChI=1S/C17H12N2O3S/c1-21-10-4-2-3-9(7-10)14-8-12(20)15-13(22-14)6-5-11-16(15)23-17(18)19-11/h2-8H,1H3,(H2,18,19). The van der Waals surface area contributed by atoms with Crippen LogP contribution in [0.5, 0.6) is 5.75 Å². The van der Waals surface area contributed by atoms with Crippen molar-refractivity contribution in [1.29, 1.82) is 0 Å². The van der Waals surface area contributed by atoms with Crippen LogP contribution in [0, 0.1) is 0 Å². The molecule has 0 aliphatic rings. The Kier molecular flexibility index (Phi) is 3.06. The van der Waals surface area contributed by atoms with Gasteiger partial charge in [0.25, 0.3) is 0 Å². The summed E-state index contributed by atoms with van der Waals surface area (Å²) in [4.78, 5) is 16.8. The number of nitrogens with two attached hydrogens (primary N) is 1. The van der Waals surface area contributed by atoms with Gasteiger partial charge >= 0.3 is 0 Å². The van der Waals surface area contributed by atoms with Crippen LogP contribution in [0.25, 0.3) is 32.5 Å². The molecule has 23 heavy (non-hydrogen) atoms. The Labute approximate surface area is 134 Å². The molecule has 5 nitrogen and oxygen atoms in total. The van der Waals surface area contributed by atoms with E-state index in [0.29, 0.717) is 33.1 Å². The lowest BCUT2D eigenvalue weighted by molar-refractivity contribution is 0.415. The van der Waals surface area contributed by atoms with E-state index in [4.69, 9.17) is 14.9 Å². The van der Waals surface area contributed by atoms with E-state index in [1.807, 2.05) is 30.3 Å². The van der Waals surface area contributed by atoms with Crippen molar-refractivity contribution in [3.63, 3.8) is 0 Å². The quantitative estimate of drug-likeness (QED) is 0.609. The fraction of sp³-hybridized carbons (Fsp3) is 0.0588. The second kappa shape index (κ2) is 5.10. The Balaban J connectivity index is 2.00. The Morgan fingerprint density at radius 2 is 2.09 bits per heavy atom. The van der Waals surface area contributed by atoms with Gasteiger partial charge in [0.15, 0.2) is 10.6 Å². The number of benzene rings is 2.